The summed E-state index contributed by atoms with van der Waals surface area (Å²) in [5.41, 5.74) is -2.94. The normalized spacial score (nSPS) is 11.9. The average molecular weight is 250 g/mol. The van der Waals surface area contributed by atoms with Crippen LogP contribution in [0.25, 0.3) is 0 Å². The van der Waals surface area contributed by atoms with E-state index >= 15 is 0 Å². The molecule has 0 radical (unpaired) electrons. The SMILES string of the molecule is COc1[c-]c(C(F)(F)F)cc(C(F)(F)F)c1.[Li+]. The van der Waals surface area contributed by atoms with Crippen molar-refractivity contribution in [3.05, 3.63) is 29.3 Å². The standard InChI is InChI=1S/C9H5F6O.Li/c1-16-7-3-5(8(10,11)12)2-6(4-7)9(13,14)15;/h2-3H,1H3;/q-1;+1. The Kier molecular flexibility index (Phi) is 4.98. The maximum absolute atomic E-state index is 12.2. The zero-order valence-corrected chi connectivity index (χ0v) is 8.83. The predicted octanol–water partition coefficient (Wildman–Crippen LogP) is 0.537. The van der Waals surface area contributed by atoms with Crippen LogP contribution in [0, 0.1) is 6.07 Å². The Bertz CT molecular complexity index is 352. The van der Waals surface area contributed by atoms with Crippen LogP contribution < -0.4 is 23.6 Å². The number of methoxy groups -OCH3 is 1. The third kappa shape index (κ3) is 4.17. The van der Waals surface area contributed by atoms with Gasteiger partial charge >= 0.3 is 31.2 Å². The van der Waals surface area contributed by atoms with Crippen molar-refractivity contribution in [1.29, 1.82) is 0 Å². The molecule has 0 atom stereocenters. The molecule has 1 rings (SSSR count). The van der Waals surface area contributed by atoms with Crippen molar-refractivity contribution < 1.29 is 49.9 Å². The molecule has 0 spiro atoms. The molecular weight excluding hydrogens is 245 g/mol. The molecular formula is C9H5F6LiO. The van der Waals surface area contributed by atoms with Crippen LogP contribution in [0.15, 0.2) is 12.1 Å². The van der Waals surface area contributed by atoms with Crippen molar-refractivity contribution >= 4 is 0 Å². The number of alkyl halides is 6. The molecule has 1 aromatic rings. The van der Waals surface area contributed by atoms with E-state index in [1.165, 1.54) is 0 Å². The van der Waals surface area contributed by atoms with Crippen molar-refractivity contribution in [2.24, 2.45) is 0 Å². The number of ether oxygens (including phenoxy) is 1. The largest absolute Gasteiger partial charge is 1.00 e. The molecule has 1 nitrogen and oxygen atoms in total. The summed E-state index contributed by atoms with van der Waals surface area (Å²) >= 11 is 0. The van der Waals surface area contributed by atoms with Gasteiger partial charge in [0, 0.05) is 5.75 Å². The maximum atomic E-state index is 12.2. The summed E-state index contributed by atoms with van der Waals surface area (Å²) in [6, 6.07) is 2.14. The first-order chi connectivity index (χ1) is 7.14. The fraction of sp³-hybridized carbons (Fsp3) is 0.333. The first kappa shape index (κ1) is 16.2. The monoisotopic (exact) mass is 250 g/mol. The number of hydrogen-bond acceptors (Lipinski definition) is 1. The van der Waals surface area contributed by atoms with E-state index in [9.17, 15) is 26.3 Å². The Morgan fingerprint density at radius 3 is 1.88 bits per heavy atom. The molecule has 0 saturated carbocycles. The molecule has 0 bridgehead atoms. The molecule has 0 saturated heterocycles. The average Bonchev–Trinajstić information content (AvgIpc) is 2.14. The van der Waals surface area contributed by atoms with Gasteiger partial charge in [-0.2, -0.15) is 26.3 Å². The Balaban J connectivity index is 0.00000256. The van der Waals surface area contributed by atoms with Gasteiger partial charge in [-0.1, -0.05) is 5.56 Å². The van der Waals surface area contributed by atoms with Gasteiger partial charge in [-0.3, -0.25) is 0 Å². The van der Waals surface area contributed by atoms with Gasteiger partial charge in [0.25, 0.3) is 0 Å². The second-order valence-electron chi connectivity index (χ2n) is 2.85. The van der Waals surface area contributed by atoms with Gasteiger partial charge in [-0.15, -0.1) is 18.2 Å². The molecule has 8 heteroatoms. The second-order valence-corrected chi connectivity index (χ2v) is 2.85. The number of benzene rings is 1. The van der Waals surface area contributed by atoms with E-state index in [1.54, 1.807) is 6.07 Å². The van der Waals surface area contributed by atoms with Crippen LogP contribution in [0.3, 0.4) is 0 Å². The van der Waals surface area contributed by atoms with Crippen LogP contribution in [-0.2, 0) is 12.4 Å². The van der Waals surface area contributed by atoms with E-state index in [-0.39, 0.29) is 24.9 Å². The molecule has 0 N–H and O–H groups in total. The predicted molar refractivity (Wildman–Crippen MR) is 41.8 cm³/mol. The molecule has 90 valence electrons. The van der Waals surface area contributed by atoms with Gasteiger partial charge in [0.1, 0.15) is 0 Å². The summed E-state index contributed by atoms with van der Waals surface area (Å²) < 4.78 is 77.7. The quantitative estimate of drug-likeness (QED) is 0.401. The first-order valence-electron chi connectivity index (χ1n) is 3.90. The topological polar surface area (TPSA) is 9.23 Å². The fourth-order valence-electron chi connectivity index (χ4n) is 0.970. The number of rotatable bonds is 1. The van der Waals surface area contributed by atoms with Crippen molar-refractivity contribution in [3.8, 4) is 5.75 Å². The smallest absolute Gasteiger partial charge is 0.523 e. The third-order valence-corrected chi connectivity index (χ3v) is 1.70. The summed E-state index contributed by atoms with van der Waals surface area (Å²) in [4.78, 5) is 0. The van der Waals surface area contributed by atoms with Gasteiger partial charge < -0.3 is 4.74 Å². The minimum absolute atomic E-state index is 0. The van der Waals surface area contributed by atoms with Crippen LogP contribution in [-0.4, -0.2) is 7.11 Å². The van der Waals surface area contributed by atoms with Crippen LogP contribution in [0.2, 0.25) is 0 Å². The maximum Gasteiger partial charge on any atom is 1.00 e. The van der Waals surface area contributed by atoms with Crippen LogP contribution in [0.4, 0.5) is 26.3 Å². The Morgan fingerprint density at radius 1 is 1.00 bits per heavy atom. The van der Waals surface area contributed by atoms with E-state index in [0.717, 1.165) is 7.11 Å². The van der Waals surface area contributed by atoms with Crippen LogP contribution in [0.1, 0.15) is 11.1 Å². The van der Waals surface area contributed by atoms with Crippen molar-refractivity contribution in [2.45, 2.75) is 12.4 Å². The summed E-state index contributed by atoms with van der Waals surface area (Å²) in [6.45, 7) is 0. The molecule has 1 aromatic carbocycles. The van der Waals surface area contributed by atoms with Crippen LogP contribution in [0.5, 0.6) is 5.75 Å². The molecule has 0 aliphatic heterocycles. The van der Waals surface area contributed by atoms with E-state index in [4.69, 9.17) is 0 Å². The Morgan fingerprint density at radius 2 is 1.53 bits per heavy atom. The second kappa shape index (κ2) is 5.23. The van der Waals surface area contributed by atoms with Gasteiger partial charge in [-0.25, -0.2) is 0 Å². The van der Waals surface area contributed by atoms with Crippen molar-refractivity contribution in [1.82, 2.24) is 0 Å². The Labute approximate surface area is 105 Å². The molecule has 0 aliphatic rings. The molecule has 0 aromatic heterocycles. The fourth-order valence-corrected chi connectivity index (χ4v) is 0.970. The minimum atomic E-state index is -4.89. The van der Waals surface area contributed by atoms with E-state index in [0.29, 0.717) is 6.07 Å². The number of hydrogen-bond donors (Lipinski definition) is 0. The van der Waals surface area contributed by atoms with Gasteiger partial charge in [0.15, 0.2) is 0 Å². The summed E-state index contributed by atoms with van der Waals surface area (Å²) in [6.07, 6.45) is -9.75. The molecule has 0 fully saturated rings. The van der Waals surface area contributed by atoms with E-state index < -0.39 is 29.2 Å². The van der Waals surface area contributed by atoms with Crippen molar-refractivity contribution in [2.75, 3.05) is 7.11 Å². The van der Waals surface area contributed by atoms with Crippen molar-refractivity contribution in [3.63, 3.8) is 0 Å². The summed E-state index contributed by atoms with van der Waals surface area (Å²) in [5.74, 6) is -0.609. The van der Waals surface area contributed by atoms with Crippen LogP contribution >= 0.6 is 0 Å². The Hall–Kier alpha value is -0.803. The molecule has 0 heterocycles. The molecule has 0 amide bonds. The van der Waals surface area contributed by atoms with E-state index in [1.807, 2.05) is 0 Å². The summed E-state index contributed by atoms with van der Waals surface area (Å²) in [7, 11) is 0.964. The minimum Gasteiger partial charge on any atom is -0.523 e. The zero-order valence-electron chi connectivity index (χ0n) is 8.83. The first-order valence-corrected chi connectivity index (χ1v) is 3.90. The van der Waals surface area contributed by atoms with Gasteiger partial charge in [-0.05, 0) is 5.56 Å². The third-order valence-electron chi connectivity index (χ3n) is 1.70. The summed E-state index contributed by atoms with van der Waals surface area (Å²) in [5, 5.41) is 0. The van der Waals surface area contributed by atoms with E-state index in [2.05, 4.69) is 4.74 Å². The van der Waals surface area contributed by atoms with Gasteiger partial charge in [0.2, 0.25) is 0 Å². The zero-order chi connectivity index (χ0) is 12.6. The molecule has 0 unspecified atom stereocenters. The molecule has 0 aliphatic carbocycles. The van der Waals surface area contributed by atoms with Gasteiger partial charge in [0.05, 0.1) is 7.11 Å². The number of halogens is 6. The molecule has 17 heavy (non-hydrogen) atoms.